The van der Waals surface area contributed by atoms with Gasteiger partial charge >= 0.3 is 0 Å². The van der Waals surface area contributed by atoms with Crippen molar-refractivity contribution in [3.05, 3.63) is 70.6 Å². The van der Waals surface area contributed by atoms with Crippen LogP contribution in [0.2, 0.25) is 0 Å². The summed E-state index contributed by atoms with van der Waals surface area (Å²) >= 11 is 3.45. The molecule has 0 spiro atoms. The van der Waals surface area contributed by atoms with Crippen LogP contribution < -0.4 is 5.32 Å². The van der Waals surface area contributed by atoms with Gasteiger partial charge in [-0.05, 0) is 74.6 Å². The average molecular weight is 573 g/mol. The SMILES string of the molecule is O=C(CCc1cc(-c2ccc(Br)cc2)nc(NC2CC2)n1)[C@@H]1CCCN1S(=O)(=O)c1ccc(F)cc1. The molecule has 0 radical (unpaired) electrons. The minimum absolute atomic E-state index is 0.00525. The summed E-state index contributed by atoms with van der Waals surface area (Å²) in [7, 11) is -3.89. The Balaban J connectivity index is 1.32. The van der Waals surface area contributed by atoms with E-state index in [0.29, 0.717) is 31.3 Å². The van der Waals surface area contributed by atoms with E-state index in [0.717, 1.165) is 46.4 Å². The number of halogens is 2. The Morgan fingerprint density at radius 3 is 2.47 bits per heavy atom. The van der Waals surface area contributed by atoms with Gasteiger partial charge in [0.2, 0.25) is 16.0 Å². The molecule has 0 unspecified atom stereocenters. The molecule has 2 fully saturated rings. The summed E-state index contributed by atoms with van der Waals surface area (Å²) in [6.45, 7) is 0.271. The van der Waals surface area contributed by atoms with Crippen LogP contribution >= 0.6 is 15.9 Å². The van der Waals surface area contributed by atoms with Crippen molar-refractivity contribution >= 4 is 37.7 Å². The first-order valence-corrected chi connectivity index (χ1v) is 14.2. The van der Waals surface area contributed by atoms with E-state index in [1.165, 1.54) is 16.4 Å². The molecule has 1 aromatic heterocycles. The lowest BCUT2D eigenvalue weighted by Gasteiger charge is -2.23. The van der Waals surface area contributed by atoms with Gasteiger partial charge in [-0.25, -0.2) is 22.8 Å². The predicted molar refractivity (Wildman–Crippen MR) is 138 cm³/mol. The second-order valence-corrected chi connectivity index (χ2v) is 12.0. The zero-order valence-electron chi connectivity index (χ0n) is 19.5. The Bertz CT molecular complexity index is 1360. The quantitative estimate of drug-likeness (QED) is 0.389. The summed E-state index contributed by atoms with van der Waals surface area (Å²) < 4.78 is 41.8. The number of anilines is 1. The van der Waals surface area contributed by atoms with Gasteiger partial charge in [0, 0.05) is 34.7 Å². The summed E-state index contributed by atoms with van der Waals surface area (Å²) in [5.74, 6) is -0.105. The van der Waals surface area contributed by atoms with Crippen LogP contribution in [0.5, 0.6) is 0 Å². The number of carbonyl (C=O) groups excluding carboxylic acids is 1. The molecule has 5 rings (SSSR count). The lowest BCUT2D eigenvalue weighted by Crippen LogP contribution is -2.40. The Morgan fingerprint density at radius 2 is 1.78 bits per heavy atom. The fourth-order valence-corrected chi connectivity index (χ4v) is 6.32. The molecule has 0 amide bonds. The van der Waals surface area contributed by atoms with Crippen molar-refractivity contribution in [2.75, 3.05) is 11.9 Å². The van der Waals surface area contributed by atoms with E-state index in [1.807, 2.05) is 30.3 Å². The minimum atomic E-state index is -3.89. The van der Waals surface area contributed by atoms with E-state index in [2.05, 4.69) is 31.2 Å². The van der Waals surface area contributed by atoms with Crippen LogP contribution in [0, 0.1) is 5.82 Å². The molecule has 0 bridgehead atoms. The largest absolute Gasteiger partial charge is 0.351 e. The van der Waals surface area contributed by atoms with Crippen LogP contribution in [0.25, 0.3) is 11.3 Å². The van der Waals surface area contributed by atoms with E-state index in [4.69, 9.17) is 0 Å². The minimum Gasteiger partial charge on any atom is -0.351 e. The third-order valence-electron chi connectivity index (χ3n) is 6.45. The van der Waals surface area contributed by atoms with Crippen LogP contribution in [0.1, 0.15) is 37.8 Å². The number of hydrogen-bond donors (Lipinski definition) is 1. The number of sulfonamides is 1. The first-order chi connectivity index (χ1) is 17.3. The van der Waals surface area contributed by atoms with Crippen LogP contribution in [0.15, 0.2) is 64.0 Å². The maximum Gasteiger partial charge on any atom is 0.243 e. The molecule has 36 heavy (non-hydrogen) atoms. The second kappa shape index (κ2) is 10.4. The molecule has 10 heteroatoms. The van der Waals surface area contributed by atoms with Gasteiger partial charge < -0.3 is 5.32 Å². The van der Waals surface area contributed by atoms with Crippen molar-refractivity contribution < 1.29 is 17.6 Å². The number of aromatic nitrogens is 2. The number of rotatable bonds is 9. The van der Waals surface area contributed by atoms with Gasteiger partial charge in [0.05, 0.1) is 16.6 Å². The number of nitrogens with zero attached hydrogens (tertiary/aromatic N) is 3. The highest BCUT2D eigenvalue weighted by atomic mass is 79.9. The van der Waals surface area contributed by atoms with Crippen molar-refractivity contribution in [3.8, 4) is 11.3 Å². The molecule has 3 aromatic rings. The van der Waals surface area contributed by atoms with Gasteiger partial charge in [0.15, 0.2) is 5.78 Å². The first kappa shape index (κ1) is 25.0. The molecule has 1 atom stereocenters. The van der Waals surface area contributed by atoms with Crippen molar-refractivity contribution in [1.82, 2.24) is 14.3 Å². The van der Waals surface area contributed by atoms with Gasteiger partial charge in [-0.1, -0.05) is 28.1 Å². The summed E-state index contributed by atoms with van der Waals surface area (Å²) in [4.78, 5) is 22.5. The number of ketones is 1. The Kier molecular flexibility index (Phi) is 7.18. The summed E-state index contributed by atoms with van der Waals surface area (Å²) in [5, 5.41) is 3.34. The highest BCUT2D eigenvalue weighted by Crippen LogP contribution is 2.29. The Hall–Kier alpha value is -2.69. The summed E-state index contributed by atoms with van der Waals surface area (Å²) in [6, 6.07) is 14.1. The highest BCUT2D eigenvalue weighted by molar-refractivity contribution is 9.10. The Morgan fingerprint density at radius 1 is 1.06 bits per heavy atom. The molecular formula is C26H26BrFN4O3S. The van der Waals surface area contributed by atoms with Crippen LogP contribution in [0.4, 0.5) is 10.3 Å². The third-order valence-corrected chi connectivity index (χ3v) is 8.90. The average Bonchev–Trinajstić information content (AvgIpc) is 3.53. The molecule has 1 aliphatic carbocycles. The molecule has 188 valence electrons. The molecular weight excluding hydrogens is 547 g/mol. The Labute approximate surface area is 218 Å². The fraction of sp³-hybridized carbons (Fsp3) is 0.346. The molecule has 1 saturated carbocycles. The monoisotopic (exact) mass is 572 g/mol. The number of aryl methyl sites for hydroxylation is 1. The first-order valence-electron chi connectivity index (χ1n) is 12.0. The van der Waals surface area contributed by atoms with Crippen molar-refractivity contribution in [1.29, 1.82) is 0 Å². The maximum atomic E-state index is 13.3. The molecule has 2 aromatic carbocycles. The van der Waals surface area contributed by atoms with E-state index in [-0.39, 0.29) is 23.6 Å². The zero-order chi connectivity index (χ0) is 25.3. The van der Waals surface area contributed by atoms with Gasteiger partial charge in [-0.15, -0.1) is 0 Å². The van der Waals surface area contributed by atoms with Gasteiger partial charge in [0.1, 0.15) is 5.82 Å². The van der Waals surface area contributed by atoms with Crippen molar-refractivity contribution in [3.63, 3.8) is 0 Å². The van der Waals surface area contributed by atoms with Crippen LogP contribution in [-0.4, -0.2) is 47.1 Å². The van der Waals surface area contributed by atoms with Gasteiger partial charge in [0.25, 0.3) is 0 Å². The molecule has 2 heterocycles. The number of Topliss-reactive ketones (excluding diaryl/α,β-unsaturated/α-hetero) is 1. The molecule has 1 aliphatic heterocycles. The highest BCUT2D eigenvalue weighted by Gasteiger charge is 2.39. The number of nitrogens with one attached hydrogen (secondary N) is 1. The third kappa shape index (κ3) is 5.66. The van der Waals surface area contributed by atoms with E-state index in [9.17, 15) is 17.6 Å². The standard InChI is InChI=1S/C26H26BrFN4O3S/c27-18-5-3-17(4-6-18)23-16-21(30-26(31-23)29-20-9-10-20)11-14-25(33)24-2-1-15-32(24)36(34,35)22-12-7-19(28)8-13-22/h3-8,12-13,16,20,24H,1-2,9-11,14-15H2,(H,29,30,31)/t24-/m0/s1. The van der Waals surface area contributed by atoms with E-state index >= 15 is 0 Å². The van der Waals surface area contributed by atoms with Crippen molar-refractivity contribution in [2.24, 2.45) is 0 Å². The lowest BCUT2D eigenvalue weighted by molar-refractivity contribution is -0.122. The van der Waals surface area contributed by atoms with Crippen LogP contribution in [-0.2, 0) is 21.2 Å². The molecule has 7 nitrogen and oxygen atoms in total. The summed E-state index contributed by atoms with van der Waals surface area (Å²) in [5.41, 5.74) is 2.44. The lowest BCUT2D eigenvalue weighted by atomic mass is 10.0. The number of carbonyl (C=O) groups is 1. The summed E-state index contributed by atoms with van der Waals surface area (Å²) in [6.07, 6.45) is 3.79. The normalized spacial score (nSPS) is 18.3. The van der Waals surface area contributed by atoms with Gasteiger partial charge in [-0.2, -0.15) is 4.31 Å². The van der Waals surface area contributed by atoms with Crippen LogP contribution in [0.3, 0.4) is 0 Å². The number of benzene rings is 2. The van der Waals surface area contributed by atoms with Crippen molar-refractivity contribution in [2.45, 2.75) is 55.5 Å². The smallest absolute Gasteiger partial charge is 0.243 e. The fourth-order valence-electron chi connectivity index (χ4n) is 4.38. The molecule has 1 N–H and O–H groups in total. The zero-order valence-corrected chi connectivity index (χ0v) is 21.9. The van der Waals surface area contributed by atoms with Gasteiger partial charge in [-0.3, -0.25) is 4.79 Å². The maximum absolute atomic E-state index is 13.3. The predicted octanol–water partition coefficient (Wildman–Crippen LogP) is 4.97. The topological polar surface area (TPSA) is 92.3 Å². The second-order valence-electron chi connectivity index (χ2n) is 9.19. The number of hydrogen-bond acceptors (Lipinski definition) is 6. The molecule has 1 saturated heterocycles. The van der Waals surface area contributed by atoms with E-state index < -0.39 is 21.9 Å². The van der Waals surface area contributed by atoms with E-state index in [1.54, 1.807) is 0 Å². The molecule has 2 aliphatic rings.